The zero-order valence-corrected chi connectivity index (χ0v) is 17.7. The number of hydrogen-bond acceptors (Lipinski definition) is 8. The Hall–Kier alpha value is -3.53. The van der Waals surface area contributed by atoms with Crippen LogP contribution in [0.3, 0.4) is 0 Å². The lowest BCUT2D eigenvalue weighted by molar-refractivity contribution is -0.115. The molecule has 0 aliphatic carbocycles. The largest absolute Gasteiger partial charge is 0.496 e. The summed E-state index contributed by atoms with van der Waals surface area (Å²) in [6.07, 6.45) is 0. The molecule has 1 aromatic carbocycles. The smallest absolute Gasteiger partial charge is 0.248 e. The van der Waals surface area contributed by atoms with Crippen LogP contribution in [0.25, 0.3) is 10.7 Å². The topological polar surface area (TPSA) is 114 Å². The van der Waals surface area contributed by atoms with Crippen LogP contribution in [0.15, 0.2) is 40.9 Å². The molecule has 0 saturated heterocycles. The van der Waals surface area contributed by atoms with Crippen molar-refractivity contribution in [3.05, 3.63) is 46.5 Å². The quantitative estimate of drug-likeness (QED) is 0.622. The molecule has 1 unspecified atom stereocenters. The molecular formula is C20H21N5O4S. The second-order valence-electron chi connectivity index (χ2n) is 6.56. The second-order valence-corrected chi connectivity index (χ2v) is 7.51. The van der Waals surface area contributed by atoms with Gasteiger partial charge in [-0.05, 0) is 24.4 Å². The molecule has 1 aliphatic heterocycles. The van der Waals surface area contributed by atoms with Crippen LogP contribution in [-0.4, -0.2) is 42.0 Å². The number of rotatable bonds is 6. The fraction of sp³-hybridized carbons (Fsp3) is 0.250. The molecule has 3 aromatic rings. The van der Waals surface area contributed by atoms with Crippen molar-refractivity contribution in [2.45, 2.75) is 13.0 Å². The van der Waals surface area contributed by atoms with Crippen LogP contribution in [0, 0.1) is 0 Å². The van der Waals surface area contributed by atoms with Crippen molar-refractivity contribution >= 4 is 23.2 Å². The molecule has 10 heteroatoms. The number of carbonyl (C=O) groups is 1. The van der Waals surface area contributed by atoms with E-state index in [1.54, 1.807) is 45.1 Å². The van der Waals surface area contributed by atoms with Crippen molar-refractivity contribution in [2.24, 2.45) is 5.73 Å². The molecule has 1 amide bonds. The summed E-state index contributed by atoms with van der Waals surface area (Å²) >= 11 is 1.53. The second kappa shape index (κ2) is 7.71. The Kier molecular flexibility index (Phi) is 5.08. The molecule has 4 rings (SSSR count). The number of anilines is 1. The maximum atomic E-state index is 12.4. The highest BCUT2D eigenvalue weighted by Gasteiger charge is 2.36. The fourth-order valence-electron chi connectivity index (χ4n) is 3.53. The van der Waals surface area contributed by atoms with Crippen LogP contribution in [0.2, 0.25) is 0 Å². The minimum atomic E-state index is -0.658. The van der Waals surface area contributed by atoms with Crippen LogP contribution >= 0.6 is 11.3 Å². The lowest BCUT2D eigenvalue weighted by atomic mass is 9.94. The van der Waals surface area contributed by atoms with Gasteiger partial charge < -0.3 is 25.3 Å². The number of nitrogens with one attached hydrogen (secondary N) is 1. The van der Waals surface area contributed by atoms with Gasteiger partial charge in [-0.25, -0.2) is 4.68 Å². The molecule has 0 fully saturated rings. The molecule has 30 heavy (non-hydrogen) atoms. The van der Waals surface area contributed by atoms with Crippen LogP contribution in [0.1, 0.15) is 18.5 Å². The summed E-state index contributed by atoms with van der Waals surface area (Å²) in [4.78, 5) is 18.0. The van der Waals surface area contributed by atoms with E-state index >= 15 is 0 Å². The Labute approximate surface area is 177 Å². The SMILES string of the molecule is COc1cc(OC)c(C2C(C(N)=O)=C(C)Nc3nc(-c4cccs4)nn32)cc1OC. The Balaban J connectivity index is 1.96. The number of benzene rings is 1. The Bertz CT molecular complexity index is 1140. The summed E-state index contributed by atoms with van der Waals surface area (Å²) in [6, 6.07) is 6.68. The summed E-state index contributed by atoms with van der Waals surface area (Å²) in [5, 5.41) is 9.77. The molecule has 156 valence electrons. The molecular weight excluding hydrogens is 406 g/mol. The van der Waals surface area contributed by atoms with Crippen LogP contribution in [-0.2, 0) is 4.79 Å². The molecule has 0 saturated carbocycles. The molecule has 0 bridgehead atoms. The summed E-state index contributed by atoms with van der Waals surface area (Å²) in [7, 11) is 4.64. The first-order valence-electron chi connectivity index (χ1n) is 9.06. The molecule has 3 heterocycles. The number of nitrogens with two attached hydrogens (primary N) is 1. The van der Waals surface area contributed by atoms with Gasteiger partial charge in [-0.1, -0.05) is 6.07 Å². The molecule has 0 spiro atoms. The Morgan fingerprint density at radius 1 is 1.17 bits per heavy atom. The number of primary amides is 1. The van der Waals surface area contributed by atoms with E-state index in [2.05, 4.69) is 15.4 Å². The van der Waals surface area contributed by atoms with E-state index in [-0.39, 0.29) is 0 Å². The zero-order valence-electron chi connectivity index (χ0n) is 16.9. The maximum Gasteiger partial charge on any atom is 0.248 e. The summed E-state index contributed by atoms with van der Waals surface area (Å²) < 4.78 is 18.1. The van der Waals surface area contributed by atoms with E-state index in [0.29, 0.717) is 45.9 Å². The first-order valence-corrected chi connectivity index (χ1v) is 9.94. The third-order valence-electron chi connectivity index (χ3n) is 4.89. The number of carbonyl (C=O) groups excluding carboxylic acids is 1. The fourth-order valence-corrected chi connectivity index (χ4v) is 4.19. The number of nitrogens with zero attached hydrogens (tertiary/aromatic N) is 3. The van der Waals surface area contributed by atoms with E-state index in [1.807, 2.05) is 17.5 Å². The highest BCUT2D eigenvalue weighted by Crippen LogP contribution is 2.44. The normalized spacial score (nSPS) is 15.4. The third-order valence-corrected chi connectivity index (χ3v) is 5.76. The predicted octanol–water partition coefficient (Wildman–Crippen LogP) is 2.81. The summed E-state index contributed by atoms with van der Waals surface area (Å²) in [6.45, 7) is 1.78. The van der Waals surface area contributed by atoms with Gasteiger partial charge in [0.15, 0.2) is 17.3 Å². The van der Waals surface area contributed by atoms with Crippen molar-refractivity contribution < 1.29 is 19.0 Å². The number of hydrogen-bond donors (Lipinski definition) is 2. The minimum Gasteiger partial charge on any atom is -0.496 e. The standard InChI is InChI=1S/C20H21N5O4S/c1-10-16(18(21)26)17(11-8-13(28-3)14(29-4)9-12(11)27-2)25-20(22-10)23-19(24-25)15-6-5-7-30-15/h5-9,17H,1-4H3,(H2,21,26)(H,22,23,24). The number of aromatic nitrogens is 3. The van der Waals surface area contributed by atoms with Gasteiger partial charge in [0.05, 0.1) is 31.8 Å². The molecule has 0 radical (unpaired) electrons. The first kappa shape index (κ1) is 19.8. The van der Waals surface area contributed by atoms with E-state index in [4.69, 9.17) is 19.9 Å². The van der Waals surface area contributed by atoms with Gasteiger partial charge in [0.1, 0.15) is 11.8 Å². The Morgan fingerprint density at radius 2 is 1.87 bits per heavy atom. The number of thiophene rings is 1. The average molecular weight is 427 g/mol. The van der Waals surface area contributed by atoms with E-state index in [0.717, 1.165) is 4.88 Å². The summed E-state index contributed by atoms with van der Waals surface area (Å²) in [5.74, 6) is 1.99. The van der Waals surface area contributed by atoms with Gasteiger partial charge in [-0.15, -0.1) is 16.4 Å². The minimum absolute atomic E-state index is 0.357. The molecule has 3 N–H and O–H groups in total. The van der Waals surface area contributed by atoms with Crippen LogP contribution in [0.5, 0.6) is 17.2 Å². The monoisotopic (exact) mass is 427 g/mol. The van der Waals surface area contributed by atoms with Gasteiger partial charge in [0.25, 0.3) is 0 Å². The van der Waals surface area contributed by atoms with Crippen molar-refractivity contribution in [3.8, 4) is 28.0 Å². The highest BCUT2D eigenvalue weighted by atomic mass is 32.1. The lowest BCUT2D eigenvalue weighted by Gasteiger charge is -2.29. The third kappa shape index (κ3) is 3.14. The first-order chi connectivity index (χ1) is 14.5. The molecule has 2 aromatic heterocycles. The molecule has 9 nitrogen and oxygen atoms in total. The van der Waals surface area contributed by atoms with Crippen molar-refractivity contribution in [3.63, 3.8) is 0 Å². The number of ether oxygens (including phenoxy) is 3. The van der Waals surface area contributed by atoms with Crippen LogP contribution < -0.4 is 25.3 Å². The van der Waals surface area contributed by atoms with Gasteiger partial charge in [-0.3, -0.25) is 4.79 Å². The summed E-state index contributed by atoms with van der Waals surface area (Å²) in [5.41, 5.74) is 7.37. The van der Waals surface area contributed by atoms with Gasteiger partial charge >= 0.3 is 0 Å². The molecule has 1 aliphatic rings. The van der Waals surface area contributed by atoms with E-state index < -0.39 is 11.9 Å². The maximum absolute atomic E-state index is 12.4. The number of amides is 1. The lowest BCUT2D eigenvalue weighted by Crippen LogP contribution is -2.32. The number of fused-ring (bicyclic) bond motifs is 1. The van der Waals surface area contributed by atoms with E-state index in [9.17, 15) is 4.79 Å². The average Bonchev–Trinajstić information content (AvgIpc) is 3.41. The van der Waals surface area contributed by atoms with Crippen molar-refractivity contribution in [1.82, 2.24) is 14.8 Å². The number of allylic oxidation sites excluding steroid dienone is 1. The zero-order chi connectivity index (χ0) is 21.4. The predicted molar refractivity (Wildman–Crippen MR) is 113 cm³/mol. The van der Waals surface area contributed by atoms with Gasteiger partial charge in [0, 0.05) is 17.3 Å². The van der Waals surface area contributed by atoms with Gasteiger partial charge in [0.2, 0.25) is 11.9 Å². The van der Waals surface area contributed by atoms with Crippen LogP contribution in [0.4, 0.5) is 5.95 Å². The van der Waals surface area contributed by atoms with Gasteiger partial charge in [-0.2, -0.15) is 4.98 Å². The highest BCUT2D eigenvalue weighted by molar-refractivity contribution is 7.13. The van der Waals surface area contributed by atoms with Crippen molar-refractivity contribution in [1.29, 1.82) is 0 Å². The number of methoxy groups -OCH3 is 3. The Morgan fingerprint density at radius 3 is 2.47 bits per heavy atom. The molecule has 1 atom stereocenters. The van der Waals surface area contributed by atoms with Crippen molar-refractivity contribution in [2.75, 3.05) is 26.6 Å². The van der Waals surface area contributed by atoms with E-state index in [1.165, 1.54) is 11.3 Å².